The van der Waals surface area contributed by atoms with Crippen molar-refractivity contribution in [3.05, 3.63) is 81.6 Å². The zero-order valence-electron chi connectivity index (χ0n) is 12.6. The summed E-state index contributed by atoms with van der Waals surface area (Å²) in [6.45, 7) is -0.143. The first-order valence-corrected chi connectivity index (χ1v) is 8.10. The zero-order chi connectivity index (χ0) is 16.9. The van der Waals surface area contributed by atoms with Gasteiger partial charge in [0.15, 0.2) is 0 Å². The van der Waals surface area contributed by atoms with Gasteiger partial charge in [0.25, 0.3) is 5.56 Å². The van der Waals surface area contributed by atoms with Crippen LogP contribution in [0.1, 0.15) is 0 Å². The second-order valence-corrected chi connectivity index (χ2v) is 6.05. The van der Waals surface area contributed by atoms with E-state index < -0.39 is 0 Å². The van der Waals surface area contributed by atoms with Crippen LogP contribution in [0.2, 0.25) is 0 Å². The largest absolute Gasteiger partial charge is 0.324 e. The fraction of sp³-hybridized carbons (Fsp3) is 0.0556. The average Bonchev–Trinajstić information content (AvgIpc) is 2.58. The summed E-state index contributed by atoms with van der Waals surface area (Å²) >= 11 is 3.41. The van der Waals surface area contributed by atoms with Crippen molar-refractivity contribution in [3.8, 4) is 11.3 Å². The summed E-state index contributed by atoms with van der Waals surface area (Å²) in [6.07, 6.45) is 0. The fourth-order valence-electron chi connectivity index (χ4n) is 2.22. The average molecular weight is 384 g/mol. The molecule has 2 aromatic carbocycles. The summed E-state index contributed by atoms with van der Waals surface area (Å²) in [6, 6.07) is 19.7. The number of aromatic nitrogens is 2. The number of hydrogen-bond acceptors (Lipinski definition) is 3. The number of carbonyl (C=O) groups excluding carboxylic acids is 1. The topological polar surface area (TPSA) is 64.0 Å². The molecule has 0 aliphatic carbocycles. The number of para-hydroxylation sites is 1. The van der Waals surface area contributed by atoms with Crippen LogP contribution < -0.4 is 10.9 Å². The van der Waals surface area contributed by atoms with E-state index in [2.05, 4.69) is 26.3 Å². The Labute approximate surface area is 147 Å². The van der Waals surface area contributed by atoms with Gasteiger partial charge in [0.1, 0.15) is 6.54 Å². The highest BCUT2D eigenvalue weighted by Gasteiger charge is 2.08. The first-order chi connectivity index (χ1) is 11.6. The molecule has 0 aliphatic rings. The molecular weight excluding hydrogens is 370 g/mol. The minimum atomic E-state index is -0.322. The lowest BCUT2D eigenvalue weighted by Gasteiger charge is -2.08. The van der Waals surface area contributed by atoms with Gasteiger partial charge in [0.2, 0.25) is 5.91 Å². The van der Waals surface area contributed by atoms with Crippen LogP contribution in [0.4, 0.5) is 5.69 Å². The monoisotopic (exact) mass is 383 g/mol. The van der Waals surface area contributed by atoms with Crippen molar-refractivity contribution in [3.63, 3.8) is 0 Å². The number of hydrogen-bond donors (Lipinski definition) is 1. The number of nitrogens with one attached hydrogen (secondary N) is 1. The van der Waals surface area contributed by atoms with Gasteiger partial charge in [-0.05, 0) is 30.3 Å². The Bertz CT molecular complexity index is 923. The predicted molar refractivity (Wildman–Crippen MR) is 96.7 cm³/mol. The number of nitrogens with zero attached hydrogens (tertiary/aromatic N) is 2. The van der Waals surface area contributed by atoms with Crippen molar-refractivity contribution in [2.45, 2.75) is 6.54 Å². The Kier molecular flexibility index (Phi) is 4.86. The summed E-state index contributed by atoms with van der Waals surface area (Å²) < 4.78 is 2.08. The zero-order valence-corrected chi connectivity index (χ0v) is 14.2. The van der Waals surface area contributed by atoms with Gasteiger partial charge in [0.05, 0.1) is 5.69 Å². The highest BCUT2D eigenvalue weighted by Crippen LogP contribution is 2.20. The van der Waals surface area contributed by atoms with E-state index in [1.165, 1.54) is 6.07 Å². The molecule has 1 heterocycles. The highest BCUT2D eigenvalue weighted by molar-refractivity contribution is 9.10. The molecule has 6 heteroatoms. The molecule has 0 bridgehead atoms. The second-order valence-electron chi connectivity index (χ2n) is 5.14. The van der Waals surface area contributed by atoms with Crippen LogP contribution in [0.5, 0.6) is 0 Å². The lowest BCUT2D eigenvalue weighted by molar-refractivity contribution is -0.117. The third-order valence-corrected chi connectivity index (χ3v) is 3.83. The van der Waals surface area contributed by atoms with Crippen LogP contribution in [0.3, 0.4) is 0 Å². The second kappa shape index (κ2) is 7.23. The fourth-order valence-corrected chi connectivity index (χ4v) is 2.62. The Morgan fingerprint density at radius 1 is 1.04 bits per heavy atom. The highest BCUT2D eigenvalue weighted by atomic mass is 79.9. The molecule has 24 heavy (non-hydrogen) atoms. The molecule has 0 saturated heterocycles. The summed E-state index contributed by atoms with van der Waals surface area (Å²) in [4.78, 5) is 24.1. The van der Waals surface area contributed by atoms with Crippen LogP contribution in [0.25, 0.3) is 11.3 Å². The Morgan fingerprint density at radius 2 is 1.83 bits per heavy atom. The van der Waals surface area contributed by atoms with Gasteiger partial charge < -0.3 is 5.32 Å². The van der Waals surface area contributed by atoms with Crippen LogP contribution in [0.15, 0.2) is 76.0 Å². The molecule has 5 nitrogen and oxygen atoms in total. The van der Waals surface area contributed by atoms with Crippen molar-refractivity contribution in [2.75, 3.05) is 5.32 Å². The number of halogens is 1. The molecule has 0 radical (unpaired) electrons. The molecular formula is C18H14BrN3O2. The summed E-state index contributed by atoms with van der Waals surface area (Å²) in [5.74, 6) is -0.304. The van der Waals surface area contributed by atoms with Crippen molar-refractivity contribution in [1.82, 2.24) is 9.78 Å². The van der Waals surface area contributed by atoms with Gasteiger partial charge in [0, 0.05) is 21.8 Å². The van der Waals surface area contributed by atoms with E-state index in [0.29, 0.717) is 11.4 Å². The van der Waals surface area contributed by atoms with Crippen LogP contribution in [-0.4, -0.2) is 15.7 Å². The standard InChI is InChI=1S/C18H14BrN3O2/c19-14-6-4-5-13(11-14)16-9-10-18(24)22(21-16)12-17(23)20-15-7-2-1-3-8-15/h1-11H,12H2,(H,20,23). The number of anilines is 1. The Morgan fingerprint density at radius 3 is 2.58 bits per heavy atom. The molecule has 0 spiro atoms. The molecule has 3 aromatic rings. The van der Waals surface area contributed by atoms with Gasteiger partial charge >= 0.3 is 0 Å². The first kappa shape index (κ1) is 16.1. The van der Waals surface area contributed by atoms with Crippen molar-refractivity contribution < 1.29 is 4.79 Å². The van der Waals surface area contributed by atoms with E-state index in [4.69, 9.17) is 0 Å². The van der Waals surface area contributed by atoms with Crippen molar-refractivity contribution >= 4 is 27.5 Å². The molecule has 3 rings (SSSR count). The molecule has 0 aliphatic heterocycles. The molecule has 0 unspecified atom stereocenters. The number of carbonyl (C=O) groups is 1. The van der Waals surface area contributed by atoms with Crippen molar-refractivity contribution in [1.29, 1.82) is 0 Å². The number of rotatable bonds is 4. The van der Waals surface area contributed by atoms with Gasteiger partial charge in [-0.3, -0.25) is 9.59 Å². The minimum Gasteiger partial charge on any atom is -0.324 e. The maximum absolute atomic E-state index is 12.1. The van der Waals surface area contributed by atoms with Gasteiger partial charge in [-0.2, -0.15) is 5.10 Å². The van der Waals surface area contributed by atoms with Crippen LogP contribution >= 0.6 is 15.9 Å². The number of amides is 1. The van der Waals surface area contributed by atoms with Crippen molar-refractivity contribution in [2.24, 2.45) is 0 Å². The summed E-state index contributed by atoms with van der Waals surface area (Å²) in [7, 11) is 0. The third kappa shape index (κ3) is 3.97. The smallest absolute Gasteiger partial charge is 0.267 e. The SMILES string of the molecule is O=C(Cn1nc(-c2cccc(Br)c2)ccc1=O)Nc1ccccc1. The molecule has 1 amide bonds. The molecule has 0 atom stereocenters. The van der Waals surface area contributed by atoms with Crippen LogP contribution in [-0.2, 0) is 11.3 Å². The van der Waals surface area contributed by atoms with E-state index in [0.717, 1.165) is 14.7 Å². The molecule has 1 N–H and O–H groups in total. The van der Waals surface area contributed by atoms with E-state index in [-0.39, 0.29) is 18.0 Å². The maximum atomic E-state index is 12.1. The molecule has 0 saturated carbocycles. The van der Waals surface area contributed by atoms with E-state index in [9.17, 15) is 9.59 Å². The maximum Gasteiger partial charge on any atom is 0.267 e. The predicted octanol–water partition coefficient (Wildman–Crippen LogP) is 3.31. The van der Waals surface area contributed by atoms with Gasteiger partial charge in [-0.15, -0.1) is 0 Å². The Hall–Kier alpha value is -2.73. The molecule has 1 aromatic heterocycles. The first-order valence-electron chi connectivity index (χ1n) is 7.31. The lowest BCUT2D eigenvalue weighted by Crippen LogP contribution is -2.29. The quantitative estimate of drug-likeness (QED) is 0.751. The third-order valence-electron chi connectivity index (χ3n) is 3.34. The lowest BCUT2D eigenvalue weighted by atomic mass is 10.1. The minimum absolute atomic E-state index is 0.143. The van der Waals surface area contributed by atoms with E-state index >= 15 is 0 Å². The van der Waals surface area contributed by atoms with Crippen LogP contribution in [0, 0.1) is 0 Å². The normalized spacial score (nSPS) is 10.4. The molecule has 120 valence electrons. The summed E-state index contributed by atoms with van der Waals surface area (Å²) in [5, 5.41) is 7.03. The molecule has 0 fully saturated rings. The number of benzene rings is 2. The summed E-state index contributed by atoms with van der Waals surface area (Å²) in [5.41, 5.74) is 1.85. The van der Waals surface area contributed by atoms with E-state index in [1.54, 1.807) is 18.2 Å². The van der Waals surface area contributed by atoms with E-state index in [1.807, 2.05) is 42.5 Å². The van der Waals surface area contributed by atoms with Gasteiger partial charge in [-0.1, -0.05) is 46.3 Å². The Balaban J connectivity index is 1.82. The van der Waals surface area contributed by atoms with Gasteiger partial charge in [-0.25, -0.2) is 4.68 Å².